The van der Waals surface area contributed by atoms with Crippen LogP contribution < -0.4 is 5.73 Å². The summed E-state index contributed by atoms with van der Waals surface area (Å²) in [4.78, 5) is 0. The monoisotopic (exact) mass is 299 g/mol. The second-order valence-corrected chi connectivity index (χ2v) is 6.53. The molecule has 0 spiro atoms. The highest BCUT2D eigenvalue weighted by Crippen LogP contribution is 2.24. The Balaban J connectivity index is 1.69. The van der Waals surface area contributed by atoms with Gasteiger partial charge < -0.3 is 5.73 Å². The van der Waals surface area contributed by atoms with Crippen LogP contribution in [0.2, 0.25) is 5.02 Å². The van der Waals surface area contributed by atoms with Gasteiger partial charge >= 0.3 is 0 Å². The van der Waals surface area contributed by atoms with Gasteiger partial charge in [0.2, 0.25) is 0 Å². The third-order valence-corrected chi connectivity index (χ3v) is 4.67. The molecule has 0 heterocycles. The highest BCUT2D eigenvalue weighted by Gasteiger charge is 2.14. The first-order valence-corrected chi connectivity index (χ1v) is 8.17. The topological polar surface area (TPSA) is 26.0 Å². The van der Waals surface area contributed by atoms with E-state index >= 15 is 0 Å². The quantitative estimate of drug-likeness (QED) is 0.880. The minimum absolute atomic E-state index is 0.475. The van der Waals surface area contributed by atoms with Gasteiger partial charge in [0, 0.05) is 5.02 Å². The predicted octanol–water partition coefficient (Wildman–Crippen LogP) is 4.19. The molecule has 1 aliphatic carbocycles. The van der Waals surface area contributed by atoms with Gasteiger partial charge in [-0.2, -0.15) is 0 Å². The summed E-state index contributed by atoms with van der Waals surface area (Å²) < 4.78 is 0. The minimum Gasteiger partial charge on any atom is -0.330 e. The van der Waals surface area contributed by atoms with Gasteiger partial charge in [0.15, 0.2) is 0 Å². The Morgan fingerprint density at radius 2 is 1.71 bits per heavy atom. The van der Waals surface area contributed by atoms with Crippen LogP contribution in [-0.2, 0) is 25.7 Å². The van der Waals surface area contributed by atoms with Crippen molar-refractivity contribution in [2.24, 2.45) is 11.7 Å². The number of rotatable bonds is 5. The van der Waals surface area contributed by atoms with Crippen molar-refractivity contribution >= 4 is 11.6 Å². The zero-order chi connectivity index (χ0) is 14.7. The van der Waals surface area contributed by atoms with Gasteiger partial charge in [0.25, 0.3) is 0 Å². The molecule has 21 heavy (non-hydrogen) atoms. The summed E-state index contributed by atoms with van der Waals surface area (Å²) in [5.41, 5.74) is 11.8. The second-order valence-electron chi connectivity index (χ2n) is 6.10. The van der Waals surface area contributed by atoms with Crippen molar-refractivity contribution in [2.45, 2.75) is 32.1 Å². The maximum absolute atomic E-state index is 6.06. The molecule has 0 aliphatic heterocycles. The molecule has 0 saturated heterocycles. The first kappa shape index (κ1) is 14.6. The number of nitrogens with two attached hydrogens (primary N) is 1. The molecular formula is C19H22ClN. The summed E-state index contributed by atoms with van der Waals surface area (Å²) in [6, 6.07) is 15.1. The van der Waals surface area contributed by atoms with E-state index in [-0.39, 0.29) is 0 Å². The lowest BCUT2D eigenvalue weighted by Crippen LogP contribution is -2.19. The highest BCUT2D eigenvalue weighted by atomic mass is 35.5. The molecular weight excluding hydrogens is 278 g/mol. The molecule has 0 radical (unpaired) electrons. The van der Waals surface area contributed by atoms with E-state index in [9.17, 15) is 0 Å². The summed E-state index contributed by atoms with van der Waals surface area (Å²) in [6.45, 7) is 0.712. The molecule has 0 bridgehead atoms. The molecule has 2 N–H and O–H groups in total. The van der Waals surface area contributed by atoms with E-state index in [1.54, 1.807) is 5.56 Å². The maximum Gasteiger partial charge on any atom is 0.0408 e. The SMILES string of the molecule is NCC(Cc1cccc(Cl)c1)Cc1ccc2c(c1)CCC2. The van der Waals surface area contributed by atoms with Gasteiger partial charge in [-0.15, -0.1) is 0 Å². The van der Waals surface area contributed by atoms with Crippen molar-refractivity contribution in [3.63, 3.8) is 0 Å². The van der Waals surface area contributed by atoms with Crippen molar-refractivity contribution in [3.05, 3.63) is 69.7 Å². The summed E-state index contributed by atoms with van der Waals surface area (Å²) >= 11 is 6.06. The molecule has 3 rings (SSSR count). The van der Waals surface area contributed by atoms with E-state index in [2.05, 4.69) is 24.3 Å². The molecule has 1 aliphatic rings. The van der Waals surface area contributed by atoms with Gasteiger partial charge in [-0.3, -0.25) is 0 Å². The molecule has 0 aromatic heterocycles. The van der Waals surface area contributed by atoms with Crippen molar-refractivity contribution in [1.29, 1.82) is 0 Å². The first-order chi connectivity index (χ1) is 10.2. The van der Waals surface area contributed by atoms with E-state index < -0.39 is 0 Å². The summed E-state index contributed by atoms with van der Waals surface area (Å²) in [6.07, 6.45) is 5.84. The molecule has 1 atom stereocenters. The Bertz CT molecular complexity index is 621. The first-order valence-electron chi connectivity index (χ1n) is 7.80. The van der Waals surface area contributed by atoms with Crippen molar-refractivity contribution in [1.82, 2.24) is 0 Å². The maximum atomic E-state index is 6.06. The van der Waals surface area contributed by atoms with Crippen LogP contribution in [0.15, 0.2) is 42.5 Å². The highest BCUT2D eigenvalue weighted by molar-refractivity contribution is 6.30. The molecule has 2 heteroatoms. The number of benzene rings is 2. The summed E-state index contributed by atoms with van der Waals surface area (Å²) in [5.74, 6) is 0.475. The zero-order valence-electron chi connectivity index (χ0n) is 12.3. The smallest absolute Gasteiger partial charge is 0.0408 e. The standard InChI is InChI=1S/C19H22ClN/c20-19-6-1-3-14(12-19)9-16(13-21)10-15-7-8-17-4-2-5-18(17)11-15/h1,3,6-8,11-12,16H,2,4-5,9-10,13,21H2. The van der Waals surface area contributed by atoms with Gasteiger partial charge in [-0.1, -0.05) is 41.9 Å². The van der Waals surface area contributed by atoms with E-state index in [0.29, 0.717) is 12.5 Å². The van der Waals surface area contributed by atoms with E-state index in [1.807, 2.05) is 18.2 Å². The lowest BCUT2D eigenvalue weighted by molar-refractivity contribution is 0.533. The average Bonchev–Trinajstić information content (AvgIpc) is 2.94. The Morgan fingerprint density at radius 3 is 2.48 bits per heavy atom. The molecule has 0 fully saturated rings. The molecule has 1 nitrogen and oxygen atoms in total. The molecule has 2 aromatic rings. The van der Waals surface area contributed by atoms with Crippen LogP contribution in [0.1, 0.15) is 28.7 Å². The van der Waals surface area contributed by atoms with Crippen LogP contribution in [0, 0.1) is 5.92 Å². The number of hydrogen-bond donors (Lipinski definition) is 1. The lowest BCUT2D eigenvalue weighted by atomic mass is 9.91. The van der Waals surface area contributed by atoms with Gasteiger partial charge in [-0.05, 0) is 79.0 Å². The van der Waals surface area contributed by atoms with Crippen LogP contribution in [-0.4, -0.2) is 6.54 Å². The fourth-order valence-corrected chi connectivity index (χ4v) is 3.53. The molecule has 0 saturated carbocycles. The van der Waals surface area contributed by atoms with E-state index in [4.69, 9.17) is 17.3 Å². The number of halogens is 1. The largest absolute Gasteiger partial charge is 0.330 e. The Morgan fingerprint density at radius 1 is 0.952 bits per heavy atom. The fraction of sp³-hybridized carbons (Fsp3) is 0.368. The minimum atomic E-state index is 0.475. The van der Waals surface area contributed by atoms with Gasteiger partial charge in [0.05, 0.1) is 0 Å². The second kappa shape index (κ2) is 6.64. The Labute approximate surface area is 132 Å². The van der Waals surface area contributed by atoms with Crippen LogP contribution >= 0.6 is 11.6 Å². The van der Waals surface area contributed by atoms with Crippen LogP contribution in [0.4, 0.5) is 0 Å². The van der Waals surface area contributed by atoms with Crippen molar-refractivity contribution in [2.75, 3.05) is 6.54 Å². The van der Waals surface area contributed by atoms with Crippen molar-refractivity contribution in [3.8, 4) is 0 Å². The molecule has 0 amide bonds. The summed E-state index contributed by atoms with van der Waals surface area (Å²) in [5, 5.41) is 0.806. The zero-order valence-corrected chi connectivity index (χ0v) is 13.1. The van der Waals surface area contributed by atoms with E-state index in [1.165, 1.54) is 36.0 Å². The van der Waals surface area contributed by atoms with Crippen LogP contribution in [0.3, 0.4) is 0 Å². The Kier molecular flexibility index (Phi) is 4.62. The predicted molar refractivity (Wildman–Crippen MR) is 89.9 cm³/mol. The number of hydrogen-bond acceptors (Lipinski definition) is 1. The molecule has 1 unspecified atom stereocenters. The molecule has 110 valence electrons. The van der Waals surface area contributed by atoms with Crippen LogP contribution in [0.25, 0.3) is 0 Å². The summed E-state index contributed by atoms with van der Waals surface area (Å²) in [7, 11) is 0. The lowest BCUT2D eigenvalue weighted by Gasteiger charge is -2.16. The normalized spacial score (nSPS) is 15.0. The Hall–Kier alpha value is -1.31. The van der Waals surface area contributed by atoms with E-state index in [0.717, 1.165) is 17.9 Å². The fourth-order valence-electron chi connectivity index (χ4n) is 3.32. The third-order valence-electron chi connectivity index (χ3n) is 4.43. The van der Waals surface area contributed by atoms with Gasteiger partial charge in [0.1, 0.15) is 0 Å². The molecule has 2 aromatic carbocycles. The van der Waals surface area contributed by atoms with Crippen LogP contribution in [0.5, 0.6) is 0 Å². The average molecular weight is 300 g/mol. The third kappa shape index (κ3) is 3.66. The van der Waals surface area contributed by atoms with Gasteiger partial charge in [-0.25, -0.2) is 0 Å². The van der Waals surface area contributed by atoms with Crippen molar-refractivity contribution < 1.29 is 0 Å². The number of fused-ring (bicyclic) bond motifs is 1. The number of aryl methyl sites for hydroxylation is 2.